The molecule has 0 radical (unpaired) electrons. The van der Waals surface area contributed by atoms with Gasteiger partial charge in [0.05, 0.1) is 11.8 Å². The van der Waals surface area contributed by atoms with E-state index in [4.69, 9.17) is 0 Å². The zero-order valence-electron chi connectivity index (χ0n) is 14.3. The first-order valence-electron chi connectivity index (χ1n) is 8.32. The maximum atomic E-state index is 11.7. The third-order valence-corrected chi connectivity index (χ3v) is 3.82. The predicted octanol–water partition coefficient (Wildman–Crippen LogP) is 2.31. The summed E-state index contributed by atoms with van der Waals surface area (Å²) in [5, 5.41) is 20.0. The van der Waals surface area contributed by atoms with Crippen molar-refractivity contribution in [1.82, 2.24) is 20.4 Å². The van der Waals surface area contributed by atoms with Gasteiger partial charge < -0.3 is 15.7 Å². The first kappa shape index (κ1) is 18.0. The van der Waals surface area contributed by atoms with Crippen molar-refractivity contribution < 1.29 is 9.90 Å². The van der Waals surface area contributed by atoms with Gasteiger partial charge in [-0.1, -0.05) is 30.3 Å². The average Bonchev–Trinajstić information content (AvgIpc) is 2.90. The molecule has 1 heterocycles. The Morgan fingerprint density at radius 1 is 1.21 bits per heavy atom. The van der Waals surface area contributed by atoms with Crippen molar-refractivity contribution in [2.45, 2.75) is 39.3 Å². The molecule has 2 rings (SSSR count). The minimum atomic E-state index is -0.558. The second-order valence-corrected chi connectivity index (χ2v) is 5.90. The fraction of sp³-hybridized carbons (Fsp3) is 0.444. The smallest absolute Gasteiger partial charge is 0.314 e. The minimum Gasteiger partial charge on any atom is -0.388 e. The van der Waals surface area contributed by atoms with E-state index < -0.39 is 6.10 Å². The Balaban J connectivity index is 1.57. The summed E-state index contributed by atoms with van der Waals surface area (Å²) in [5.74, 6) is 0. The number of nitrogens with one attached hydrogen (secondary N) is 2. The SMILES string of the molecule is Cc1cc(C)n(CCCNC(=O)NCCC(O)c2ccccc2)n1. The maximum absolute atomic E-state index is 11.7. The van der Waals surface area contributed by atoms with Gasteiger partial charge in [0.25, 0.3) is 0 Å². The van der Waals surface area contributed by atoms with Crippen LogP contribution in [-0.4, -0.2) is 34.0 Å². The first-order chi connectivity index (χ1) is 11.6. The molecule has 1 unspecified atom stereocenters. The van der Waals surface area contributed by atoms with Crippen molar-refractivity contribution >= 4 is 6.03 Å². The number of aromatic nitrogens is 2. The van der Waals surface area contributed by atoms with Crippen LogP contribution in [0.15, 0.2) is 36.4 Å². The number of urea groups is 1. The molecule has 24 heavy (non-hydrogen) atoms. The molecule has 0 spiro atoms. The molecule has 0 aliphatic heterocycles. The van der Waals surface area contributed by atoms with Crippen molar-refractivity contribution in [3.63, 3.8) is 0 Å². The van der Waals surface area contributed by atoms with Crippen molar-refractivity contribution in [3.05, 3.63) is 53.3 Å². The second kappa shape index (κ2) is 9.08. The van der Waals surface area contributed by atoms with E-state index in [1.807, 2.05) is 54.9 Å². The van der Waals surface area contributed by atoms with Crippen molar-refractivity contribution in [1.29, 1.82) is 0 Å². The number of carbonyl (C=O) groups excluding carboxylic acids is 1. The van der Waals surface area contributed by atoms with Crippen molar-refractivity contribution in [2.24, 2.45) is 0 Å². The monoisotopic (exact) mass is 330 g/mol. The number of amides is 2. The molecule has 0 aliphatic rings. The van der Waals surface area contributed by atoms with Crippen molar-refractivity contribution in [2.75, 3.05) is 13.1 Å². The van der Waals surface area contributed by atoms with E-state index in [-0.39, 0.29) is 6.03 Å². The van der Waals surface area contributed by atoms with Crippen LogP contribution in [0.3, 0.4) is 0 Å². The van der Waals surface area contributed by atoms with E-state index in [0.29, 0.717) is 19.5 Å². The van der Waals surface area contributed by atoms with Crippen LogP contribution in [0.1, 0.15) is 35.9 Å². The first-order valence-corrected chi connectivity index (χ1v) is 8.32. The molecule has 3 N–H and O–H groups in total. The van der Waals surface area contributed by atoms with Gasteiger partial charge in [0, 0.05) is 25.3 Å². The van der Waals surface area contributed by atoms with Gasteiger partial charge in [-0.2, -0.15) is 5.10 Å². The lowest BCUT2D eigenvalue weighted by Gasteiger charge is -2.12. The van der Waals surface area contributed by atoms with E-state index in [2.05, 4.69) is 15.7 Å². The third kappa shape index (κ3) is 5.70. The molecule has 1 atom stereocenters. The van der Waals surface area contributed by atoms with Crippen LogP contribution in [0.2, 0.25) is 0 Å². The fourth-order valence-corrected chi connectivity index (χ4v) is 2.56. The van der Waals surface area contributed by atoms with Gasteiger partial charge >= 0.3 is 6.03 Å². The Bertz CT molecular complexity index is 640. The molecule has 6 heteroatoms. The van der Waals surface area contributed by atoms with Gasteiger partial charge in [-0.15, -0.1) is 0 Å². The molecule has 130 valence electrons. The number of carbonyl (C=O) groups is 1. The highest BCUT2D eigenvalue weighted by Gasteiger charge is 2.07. The van der Waals surface area contributed by atoms with E-state index >= 15 is 0 Å². The molecular weight excluding hydrogens is 304 g/mol. The van der Waals surface area contributed by atoms with Crippen molar-refractivity contribution in [3.8, 4) is 0 Å². The van der Waals surface area contributed by atoms with Gasteiger partial charge in [0.15, 0.2) is 0 Å². The predicted molar refractivity (Wildman–Crippen MR) is 93.7 cm³/mol. The Hall–Kier alpha value is -2.34. The lowest BCUT2D eigenvalue weighted by Crippen LogP contribution is -2.37. The number of aryl methyl sites for hydroxylation is 3. The number of aliphatic hydroxyl groups excluding tert-OH is 1. The summed E-state index contributed by atoms with van der Waals surface area (Å²) in [7, 11) is 0. The molecule has 6 nitrogen and oxygen atoms in total. The molecule has 1 aromatic heterocycles. The van der Waals surface area contributed by atoms with Crippen LogP contribution in [-0.2, 0) is 6.54 Å². The Morgan fingerprint density at radius 3 is 2.58 bits per heavy atom. The second-order valence-electron chi connectivity index (χ2n) is 5.90. The van der Waals surface area contributed by atoms with E-state index in [1.54, 1.807) is 0 Å². The summed E-state index contributed by atoms with van der Waals surface area (Å²) in [6, 6.07) is 11.3. The Kier molecular flexibility index (Phi) is 6.81. The van der Waals surface area contributed by atoms with E-state index in [0.717, 1.165) is 29.9 Å². The molecule has 0 saturated carbocycles. The van der Waals surface area contributed by atoms with Gasteiger partial charge in [-0.05, 0) is 38.3 Å². The molecular formula is C18H26N4O2. The summed E-state index contributed by atoms with van der Waals surface area (Å²) < 4.78 is 1.95. The largest absolute Gasteiger partial charge is 0.388 e. The summed E-state index contributed by atoms with van der Waals surface area (Å²) in [5.41, 5.74) is 3.01. The topological polar surface area (TPSA) is 79.2 Å². The van der Waals surface area contributed by atoms with Gasteiger partial charge in [0.2, 0.25) is 0 Å². The van der Waals surface area contributed by atoms with Crippen LogP contribution in [0.4, 0.5) is 4.79 Å². The van der Waals surface area contributed by atoms with Crippen LogP contribution >= 0.6 is 0 Å². The van der Waals surface area contributed by atoms with Gasteiger partial charge in [0.1, 0.15) is 0 Å². The molecule has 0 fully saturated rings. The number of hydrogen-bond donors (Lipinski definition) is 3. The lowest BCUT2D eigenvalue weighted by molar-refractivity contribution is 0.167. The standard InChI is InChI=1S/C18H26N4O2/c1-14-13-15(2)22(21-14)12-6-10-19-18(24)20-11-9-17(23)16-7-4-3-5-8-16/h3-5,7-8,13,17,23H,6,9-12H2,1-2H3,(H2,19,20,24). The number of nitrogens with zero attached hydrogens (tertiary/aromatic N) is 2. The molecule has 0 bridgehead atoms. The summed E-state index contributed by atoms with van der Waals surface area (Å²) in [4.78, 5) is 11.7. The van der Waals surface area contributed by atoms with Crippen LogP contribution in [0.5, 0.6) is 0 Å². The Labute approximate surface area is 142 Å². The normalized spacial score (nSPS) is 12.0. The number of hydrogen-bond acceptors (Lipinski definition) is 3. The van der Waals surface area contributed by atoms with Crippen LogP contribution in [0, 0.1) is 13.8 Å². The lowest BCUT2D eigenvalue weighted by atomic mass is 10.1. The molecule has 0 aliphatic carbocycles. The van der Waals surface area contributed by atoms with Gasteiger partial charge in [-0.3, -0.25) is 4.68 Å². The highest BCUT2D eigenvalue weighted by molar-refractivity contribution is 5.73. The minimum absolute atomic E-state index is 0.205. The van der Waals surface area contributed by atoms with Gasteiger partial charge in [-0.25, -0.2) is 4.79 Å². The molecule has 1 aromatic carbocycles. The summed E-state index contributed by atoms with van der Waals surface area (Å²) in [6.07, 6.45) is 0.753. The molecule has 2 amide bonds. The highest BCUT2D eigenvalue weighted by atomic mass is 16.3. The van der Waals surface area contributed by atoms with Crippen LogP contribution in [0.25, 0.3) is 0 Å². The fourth-order valence-electron chi connectivity index (χ4n) is 2.56. The maximum Gasteiger partial charge on any atom is 0.314 e. The summed E-state index contributed by atoms with van der Waals surface area (Å²) >= 11 is 0. The third-order valence-electron chi connectivity index (χ3n) is 3.82. The molecule has 0 saturated heterocycles. The zero-order valence-corrected chi connectivity index (χ0v) is 14.3. The number of aliphatic hydroxyl groups is 1. The number of benzene rings is 1. The van der Waals surface area contributed by atoms with E-state index in [9.17, 15) is 9.90 Å². The van der Waals surface area contributed by atoms with E-state index in [1.165, 1.54) is 0 Å². The zero-order chi connectivity index (χ0) is 17.4. The molecule has 2 aromatic rings. The summed E-state index contributed by atoms with van der Waals surface area (Å²) in [6.45, 7) is 5.80. The highest BCUT2D eigenvalue weighted by Crippen LogP contribution is 2.14. The van der Waals surface area contributed by atoms with Crippen LogP contribution < -0.4 is 10.6 Å². The quantitative estimate of drug-likeness (QED) is 0.650. The average molecular weight is 330 g/mol. The Morgan fingerprint density at radius 2 is 1.92 bits per heavy atom. The number of rotatable bonds is 8.